The molecule has 1 fully saturated rings. The van der Waals surface area contributed by atoms with E-state index in [9.17, 15) is 9.59 Å². The van der Waals surface area contributed by atoms with Crippen molar-refractivity contribution < 1.29 is 19.1 Å². The molecule has 2 heterocycles. The molecule has 2 amide bonds. The van der Waals surface area contributed by atoms with E-state index in [4.69, 9.17) is 9.47 Å². The molecule has 0 bridgehead atoms. The number of rotatable bonds is 6. The van der Waals surface area contributed by atoms with Crippen LogP contribution >= 0.6 is 0 Å². The third-order valence-corrected chi connectivity index (χ3v) is 5.95. The first-order chi connectivity index (χ1) is 15.0. The second-order valence-electron chi connectivity index (χ2n) is 8.02. The molecule has 4 rings (SSSR count). The van der Waals surface area contributed by atoms with Gasteiger partial charge in [-0.1, -0.05) is 35.9 Å². The third kappa shape index (κ3) is 4.02. The van der Waals surface area contributed by atoms with Crippen molar-refractivity contribution in [2.24, 2.45) is 0 Å². The van der Waals surface area contributed by atoms with Crippen LogP contribution in [0.5, 0.6) is 11.5 Å². The molecule has 0 N–H and O–H groups in total. The number of carbonyl (C=O) groups is 2. The second-order valence-corrected chi connectivity index (χ2v) is 8.02. The van der Waals surface area contributed by atoms with E-state index in [1.165, 1.54) is 4.90 Å². The summed E-state index contributed by atoms with van der Waals surface area (Å²) in [5.41, 5.74) is 3.69. The highest BCUT2D eigenvalue weighted by molar-refractivity contribution is 6.35. The Morgan fingerprint density at radius 3 is 2.16 bits per heavy atom. The van der Waals surface area contributed by atoms with Gasteiger partial charge in [-0.15, -0.1) is 0 Å². The molecule has 162 valence electrons. The minimum absolute atomic E-state index is 0.225. The van der Waals surface area contributed by atoms with Gasteiger partial charge in [-0.2, -0.15) is 0 Å². The van der Waals surface area contributed by atoms with Gasteiger partial charge in [0.05, 0.1) is 26.3 Å². The van der Waals surface area contributed by atoms with Crippen LogP contribution in [0.25, 0.3) is 5.57 Å². The number of nitrogens with zero attached hydrogens (tertiary/aromatic N) is 2. The number of piperidine rings is 1. The van der Waals surface area contributed by atoms with Crippen LogP contribution in [0.2, 0.25) is 0 Å². The number of benzene rings is 2. The fourth-order valence-electron chi connectivity index (χ4n) is 4.25. The Morgan fingerprint density at radius 1 is 0.839 bits per heavy atom. The van der Waals surface area contributed by atoms with E-state index in [2.05, 4.69) is 4.90 Å². The lowest BCUT2D eigenvalue weighted by Gasteiger charge is -2.29. The van der Waals surface area contributed by atoms with Crippen LogP contribution in [-0.2, 0) is 16.1 Å². The summed E-state index contributed by atoms with van der Waals surface area (Å²) in [5, 5.41) is 0. The lowest BCUT2D eigenvalue weighted by atomic mass is 10.0. The number of hydrogen-bond donors (Lipinski definition) is 0. The Balaban J connectivity index is 1.75. The van der Waals surface area contributed by atoms with Gasteiger partial charge in [0.15, 0.2) is 11.5 Å². The lowest BCUT2D eigenvalue weighted by Crippen LogP contribution is -2.36. The van der Waals surface area contributed by atoms with Crippen LogP contribution < -0.4 is 9.47 Å². The van der Waals surface area contributed by atoms with Gasteiger partial charge in [0.25, 0.3) is 11.8 Å². The number of carbonyl (C=O) groups excluding carboxylic acids is 2. The summed E-state index contributed by atoms with van der Waals surface area (Å²) in [6, 6.07) is 13.3. The molecule has 0 saturated carbocycles. The lowest BCUT2D eigenvalue weighted by molar-refractivity contribution is -0.138. The molecule has 31 heavy (non-hydrogen) atoms. The van der Waals surface area contributed by atoms with Crippen LogP contribution in [0.1, 0.15) is 36.0 Å². The van der Waals surface area contributed by atoms with Gasteiger partial charge >= 0.3 is 0 Å². The predicted molar refractivity (Wildman–Crippen MR) is 119 cm³/mol. The van der Waals surface area contributed by atoms with Crippen molar-refractivity contribution in [3.05, 3.63) is 64.9 Å². The largest absolute Gasteiger partial charge is 0.493 e. The summed E-state index contributed by atoms with van der Waals surface area (Å²) < 4.78 is 10.8. The summed E-state index contributed by atoms with van der Waals surface area (Å²) >= 11 is 0. The smallest absolute Gasteiger partial charge is 0.278 e. The zero-order chi connectivity index (χ0) is 22.0. The number of methoxy groups -OCH3 is 2. The van der Waals surface area contributed by atoms with Gasteiger partial charge in [-0.3, -0.25) is 14.5 Å². The number of amides is 2. The minimum atomic E-state index is -0.265. The molecule has 0 atom stereocenters. The zero-order valence-electron chi connectivity index (χ0n) is 18.3. The van der Waals surface area contributed by atoms with E-state index >= 15 is 0 Å². The number of hydrogen-bond acceptors (Lipinski definition) is 5. The number of ether oxygens (including phenoxy) is 2. The van der Waals surface area contributed by atoms with Crippen LogP contribution in [0.15, 0.2) is 48.2 Å². The van der Waals surface area contributed by atoms with Crippen LogP contribution in [0.3, 0.4) is 0 Å². The maximum absolute atomic E-state index is 13.5. The molecule has 1 saturated heterocycles. The third-order valence-electron chi connectivity index (χ3n) is 5.95. The summed E-state index contributed by atoms with van der Waals surface area (Å²) in [4.78, 5) is 30.5. The monoisotopic (exact) mass is 420 g/mol. The van der Waals surface area contributed by atoms with Crippen molar-refractivity contribution in [2.45, 2.75) is 32.7 Å². The highest BCUT2D eigenvalue weighted by Crippen LogP contribution is 2.37. The second kappa shape index (κ2) is 8.84. The van der Waals surface area contributed by atoms with Crippen LogP contribution in [0.4, 0.5) is 0 Å². The van der Waals surface area contributed by atoms with Gasteiger partial charge in [0.1, 0.15) is 5.70 Å². The standard InChI is InChI=1S/C25H28N2O4/c1-17-7-9-18(10-8-17)16-27-24(28)22(19-11-12-20(30-2)21(15-19)31-3)23(25(27)29)26-13-5-4-6-14-26/h7-12,15H,4-6,13-14,16H2,1-3H3. The Morgan fingerprint density at radius 2 is 1.52 bits per heavy atom. The van der Waals surface area contributed by atoms with Crippen molar-refractivity contribution in [3.63, 3.8) is 0 Å². The average Bonchev–Trinajstić information content (AvgIpc) is 3.05. The Bertz CT molecular complexity index is 1020. The fourth-order valence-corrected chi connectivity index (χ4v) is 4.25. The maximum Gasteiger partial charge on any atom is 0.278 e. The normalized spacial score (nSPS) is 16.9. The van der Waals surface area contributed by atoms with Crippen LogP contribution in [-0.4, -0.2) is 48.9 Å². The van der Waals surface area contributed by atoms with E-state index in [-0.39, 0.29) is 18.4 Å². The van der Waals surface area contributed by atoms with Crippen molar-refractivity contribution in [3.8, 4) is 11.5 Å². The van der Waals surface area contributed by atoms with Gasteiger partial charge in [0.2, 0.25) is 0 Å². The first-order valence-corrected chi connectivity index (χ1v) is 10.7. The fraction of sp³-hybridized carbons (Fsp3) is 0.360. The molecule has 6 heteroatoms. The highest BCUT2D eigenvalue weighted by Gasteiger charge is 2.42. The predicted octanol–water partition coefficient (Wildman–Crippen LogP) is 3.78. The molecule has 2 aliphatic heterocycles. The molecular weight excluding hydrogens is 392 g/mol. The van der Waals surface area contributed by atoms with Crippen molar-refractivity contribution in [1.29, 1.82) is 0 Å². The first-order valence-electron chi connectivity index (χ1n) is 10.7. The Hall–Kier alpha value is -3.28. The van der Waals surface area contributed by atoms with E-state index in [0.29, 0.717) is 28.3 Å². The minimum Gasteiger partial charge on any atom is -0.493 e. The van der Waals surface area contributed by atoms with E-state index in [1.54, 1.807) is 26.4 Å². The van der Waals surface area contributed by atoms with E-state index < -0.39 is 0 Å². The number of imide groups is 1. The molecule has 0 unspecified atom stereocenters. The Kier molecular flexibility index (Phi) is 5.98. The maximum atomic E-state index is 13.5. The van der Waals surface area contributed by atoms with Crippen molar-refractivity contribution in [1.82, 2.24) is 9.80 Å². The molecule has 2 aromatic rings. The van der Waals surface area contributed by atoms with Gasteiger partial charge < -0.3 is 14.4 Å². The summed E-state index contributed by atoms with van der Waals surface area (Å²) in [7, 11) is 3.14. The van der Waals surface area contributed by atoms with E-state index in [1.807, 2.05) is 37.3 Å². The van der Waals surface area contributed by atoms with Crippen molar-refractivity contribution >= 4 is 17.4 Å². The molecule has 0 radical (unpaired) electrons. The molecule has 0 aromatic heterocycles. The summed E-state index contributed by atoms with van der Waals surface area (Å²) in [6.07, 6.45) is 3.18. The zero-order valence-corrected chi connectivity index (χ0v) is 18.3. The van der Waals surface area contributed by atoms with Gasteiger partial charge in [-0.05, 0) is 49.4 Å². The van der Waals surface area contributed by atoms with Gasteiger partial charge in [-0.25, -0.2) is 0 Å². The Labute approximate surface area is 183 Å². The molecule has 6 nitrogen and oxygen atoms in total. The van der Waals surface area contributed by atoms with E-state index in [0.717, 1.165) is 43.5 Å². The number of aryl methyl sites for hydroxylation is 1. The highest BCUT2D eigenvalue weighted by atomic mass is 16.5. The summed E-state index contributed by atoms with van der Waals surface area (Å²) in [5.74, 6) is 0.623. The molecule has 0 aliphatic carbocycles. The molecule has 2 aliphatic rings. The molecular formula is C25H28N2O4. The van der Waals surface area contributed by atoms with Gasteiger partial charge in [0, 0.05) is 13.1 Å². The topological polar surface area (TPSA) is 59.1 Å². The first kappa shape index (κ1) is 21.0. The SMILES string of the molecule is COc1ccc(C2=C(N3CCCCC3)C(=O)N(Cc3ccc(C)cc3)C2=O)cc1OC. The van der Waals surface area contributed by atoms with Crippen LogP contribution in [0, 0.1) is 6.92 Å². The molecule has 2 aromatic carbocycles. The summed E-state index contributed by atoms with van der Waals surface area (Å²) in [6.45, 7) is 3.83. The molecule has 0 spiro atoms. The quantitative estimate of drug-likeness (QED) is 0.666. The average molecular weight is 421 g/mol. The number of likely N-dealkylation sites (tertiary alicyclic amines) is 1. The van der Waals surface area contributed by atoms with Crippen molar-refractivity contribution in [2.75, 3.05) is 27.3 Å².